The number of hydrogen-bond acceptors (Lipinski definition) is 3. The molecule has 2 amide bonds. The highest BCUT2D eigenvalue weighted by Crippen LogP contribution is 2.27. The highest BCUT2D eigenvalue weighted by Gasteiger charge is 2.25. The van der Waals surface area contributed by atoms with E-state index in [-0.39, 0.29) is 36.2 Å². The van der Waals surface area contributed by atoms with Crippen molar-refractivity contribution in [3.05, 3.63) is 29.8 Å². The second-order valence-electron chi connectivity index (χ2n) is 6.11. The van der Waals surface area contributed by atoms with Gasteiger partial charge in [0.15, 0.2) is 0 Å². The summed E-state index contributed by atoms with van der Waals surface area (Å²) in [7, 11) is 0. The standard InChI is InChI=1S/C17H25N3O2.ClH/c1-12(18)8-9-16(21)19-11-13-4-2-7-15(10-13)20-17(22)14-5-3-6-14;/h2,4,7,10,12,14H,3,5-6,8-9,11,18H2,1H3,(H,19,21)(H,20,22);1H. The molecule has 128 valence electrons. The Kier molecular flexibility index (Phi) is 8.06. The fourth-order valence-electron chi connectivity index (χ4n) is 2.32. The SMILES string of the molecule is CC(N)CCC(=O)NCc1cccc(NC(=O)C2CCC2)c1.Cl. The van der Waals surface area contributed by atoms with Crippen molar-refractivity contribution >= 4 is 29.9 Å². The summed E-state index contributed by atoms with van der Waals surface area (Å²) in [6.45, 7) is 2.35. The van der Waals surface area contributed by atoms with E-state index in [9.17, 15) is 9.59 Å². The molecule has 5 nitrogen and oxygen atoms in total. The lowest BCUT2D eigenvalue weighted by Crippen LogP contribution is -2.28. The fraction of sp³-hybridized carbons (Fsp3) is 0.529. The molecule has 0 aliphatic heterocycles. The number of carbonyl (C=O) groups excluding carboxylic acids is 2. The molecule has 1 unspecified atom stereocenters. The Hall–Kier alpha value is -1.59. The van der Waals surface area contributed by atoms with E-state index in [0.717, 1.165) is 30.5 Å². The van der Waals surface area contributed by atoms with Crippen molar-refractivity contribution in [1.82, 2.24) is 5.32 Å². The average Bonchev–Trinajstić information content (AvgIpc) is 2.41. The molecular formula is C17H26ClN3O2. The van der Waals surface area contributed by atoms with Crippen LogP contribution in [0.25, 0.3) is 0 Å². The van der Waals surface area contributed by atoms with E-state index in [1.54, 1.807) is 0 Å². The van der Waals surface area contributed by atoms with Crippen LogP contribution >= 0.6 is 12.4 Å². The van der Waals surface area contributed by atoms with Gasteiger partial charge in [-0.25, -0.2) is 0 Å². The quantitative estimate of drug-likeness (QED) is 0.713. The van der Waals surface area contributed by atoms with Crippen molar-refractivity contribution in [1.29, 1.82) is 0 Å². The third-order valence-electron chi connectivity index (χ3n) is 3.99. The van der Waals surface area contributed by atoms with Gasteiger partial charge in [0, 0.05) is 30.6 Å². The second kappa shape index (κ2) is 9.53. The molecule has 1 aliphatic rings. The van der Waals surface area contributed by atoms with E-state index in [2.05, 4.69) is 10.6 Å². The summed E-state index contributed by atoms with van der Waals surface area (Å²) >= 11 is 0. The third kappa shape index (κ3) is 6.59. The Balaban J connectivity index is 0.00000264. The Morgan fingerprint density at radius 2 is 2.09 bits per heavy atom. The monoisotopic (exact) mass is 339 g/mol. The lowest BCUT2D eigenvalue weighted by molar-refractivity contribution is -0.122. The largest absolute Gasteiger partial charge is 0.352 e. The molecule has 2 rings (SSSR count). The van der Waals surface area contributed by atoms with Crippen molar-refractivity contribution in [2.45, 2.75) is 51.6 Å². The minimum Gasteiger partial charge on any atom is -0.352 e. The number of halogens is 1. The van der Waals surface area contributed by atoms with Crippen LogP contribution in [0.15, 0.2) is 24.3 Å². The zero-order valence-electron chi connectivity index (χ0n) is 13.5. The molecular weight excluding hydrogens is 314 g/mol. The van der Waals surface area contributed by atoms with Gasteiger partial charge >= 0.3 is 0 Å². The maximum Gasteiger partial charge on any atom is 0.227 e. The first kappa shape index (κ1) is 19.5. The molecule has 1 aromatic carbocycles. The van der Waals surface area contributed by atoms with Gasteiger partial charge in [0.05, 0.1) is 0 Å². The lowest BCUT2D eigenvalue weighted by Gasteiger charge is -2.24. The summed E-state index contributed by atoms with van der Waals surface area (Å²) in [6, 6.07) is 7.64. The highest BCUT2D eigenvalue weighted by molar-refractivity contribution is 5.93. The molecule has 4 N–H and O–H groups in total. The maximum absolute atomic E-state index is 11.9. The Morgan fingerprint density at radius 3 is 2.70 bits per heavy atom. The smallest absolute Gasteiger partial charge is 0.227 e. The van der Waals surface area contributed by atoms with E-state index in [0.29, 0.717) is 19.4 Å². The summed E-state index contributed by atoms with van der Waals surface area (Å²) in [5.74, 6) is 0.271. The average molecular weight is 340 g/mol. The Labute approximate surface area is 143 Å². The minimum atomic E-state index is 0. The van der Waals surface area contributed by atoms with Crippen LogP contribution in [0.4, 0.5) is 5.69 Å². The third-order valence-corrected chi connectivity index (χ3v) is 3.99. The molecule has 0 bridgehead atoms. The number of nitrogens with one attached hydrogen (secondary N) is 2. The van der Waals surface area contributed by atoms with E-state index in [4.69, 9.17) is 5.73 Å². The molecule has 0 heterocycles. The van der Waals surface area contributed by atoms with Crippen molar-refractivity contribution in [3.8, 4) is 0 Å². The summed E-state index contributed by atoms with van der Waals surface area (Å²) in [6.07, 6.45) is 4.24. The number of nitrogens with two attached hydrogens (primary N) is 1. The summed E-state index contributed by atoms with van der Waals surface area (Å²) < 4.78 is 0. The topological polar surface area (TPSA) is 84.2 Å². The summed E-state index contributed by atoms with van der Waals surface area (Å²) in [5.41, 5.74) is 7.40. The van der Waals surface area contributed by atoms with Crippen LogP contribution in [-0.2, 0) is 16.1 Å². The Morgan fingerprint density at radius 1 is 1.35 bits per heavy atom. The van der Waals surface area contributed by atoms with E-state index >= 15 is 0 Å². The van der Waals surface area contributed by atoms with Gasteiger partial charge in [0.1, 0.15) is 0 Å². The van der Waals surface area contributed by atoms with Crippen molar-refractivity contribution in [2.75, 3.05) is 5.32 Å². The first-order valence-corrected chi connectivity index (χ1v) is 7.96. The van der Waals surface area contributed by atoms with Crippen LogP contribution in [-0.4, -0.2) is 17.9 Å². The van der Waals surface area contributed by atoms with Crippen molar-refractivity contribution in [3.63, 3.8) is 0 Å². The van der Waals surface area contributed by atoms with Gasteiger partial charge in [-0.2, -0.15) is 0 Å². The maximum atomic E-state index is 11.9. The lowest BCUT2D eigenvalue weighted by atomic mass is 9.85. The van der Waals surface area contributed by atoms with Crippen LogP contribution in [0.5, 0.6) is 0 Å². The molecule has 23 heavy (non-hydrogen) atoms. The molecule has 1 fully saturated rings. The van der Waals surface area contributed by atoms with Crippen LogP contribution in [0.2, 0.25) is 0 Å². The van der Waals surface area contributed by atoms with Gasteiger partial charge in [-0.15, -0.1) is 12.4 Å². The number of rotatable bonds is 7. The zero-order chi connectivity index (χ0) is 15.9. The summed E-state index contributed by atoms with van der Waals surface area (Å²) in [5, 5.41) is 5.82. The van der Waals surface area contributed by atoms with Gasteiger partial charge < -0.3 is 16.4 Å². The first-order valence-electron chi connectivity index (χ1n) is 7.96. The van der Waals surface area contributed by atoms with Crippen molar-refractivity contribution in [2.24, 2.45) is 11.7 Å². The molecule has 1 aliphatic carbocycles. The predicted octanol–water partition coefficient (Wildman–Crippen LogP) is 2.59. The number of hydrogen-bond donors (Lipinski definition) is 3. The van der Waals surface area contributed by atoms with Gasteiger partial charge in [-0.05, 0) is 43.9 Å². The van der Waals surface area contributed by atoms with E-state index < -0.39 is 0 Å². The predicted molar refractivity (Wildman–Crippen MR) is 94.4 cm³/mol. The molecule has 1 atom stereocenters. The normalized spacial score (nSPS) is 15.0. The molecule has 0 aromatic heterocycles. The van der Waals surface area contributed by atoms with E-state index in [1.807, 2.05) is 31.2 Å². The molecule has 0 radical (unpaired) electrons. The van der Waals surface area contributed by atoms with Gasteiger partial charge in [0.25, 0.3) is 0 Å². The number of amides is 2. The second-order valence-corrected chi connectivity index (χ2v) is 6.11. The summed E-state index contributed by atoms with van der Waals surface area (Å²) in [4.78, 5) is 23.6. The molecule has 0 spiro atoms. The van der Waals surface area contributed by atoms with E-state index in [1.165, 1.54) is 0 Å². The Bertz CT molecular complexity index is 530. The molecule has 1 aromatic rings. The number of benzene rings is 1. The number of anilines is 1. The van der Waals surface area contributed by atoms with Crippen molar-refractivity contribution < 1.29 is 9.59 Å². The number of carbonyl (C=O) groups is 2. The molecule has 6 heteroatoms. The first-order chi connectivity index (χ1) is 10.5. The fourth-order valence-corrected chi connectivity index (χ4v) is 2.32. The highest BCUT2D eigenvalue weighted by atomic mass is 35.5. The molecule has 0 saturated heterocycles. The molecule has 1 saturated carbocycles. The van der Waals surface area contributed by atoms with Crippen LogP contribution in [0.3, 0.4) is 0 Å². The van der Waals surface area contributed by atoms with Gasteiger partial charge in [-0.1, -0.05) is 18.6 Å². The van der Waals surface area contributed by atoms with Crippen LogP contribution in [0.1, 0.15) is 44.6 Å². The zero-order valence-corrected chi connectivity index (χ0v) is 14.3. The van der Waals surface area contributed by atoms with Crippen LogP contribution in [0, 0.1) is 5.92 Å². The minimum absolute atomic E-state index is 0. The van der Waals surface area contributed by atoms with Gasteiger partial charge in [0.2, 0.25) is 11.8 Å². The van der Waals surface area contributed by atoms with Gasteiger partial charge in [-0.3, -0.25) is 9.59 Å². The van der Waals surface area contributed by atoms with Crippen LogP contribution < -0.4 is 16.4 Å².